The molecule has 1 fully saturated rings. The number of piperidine rings is 1. The molecule has 9 nitrogen and oxygen atoms in total. The first-order valence-electron chi connectivity index (χ1n) is 13.1. The number of fused-ring (bicyclic) bond motifs is 2. The summed E-state index contributed by atoms with van der Waals surface area (Å²) in [4.78, 5) is 30.8. The van der Waals surface area contributed by atoms with Crippen molar-refractivity contribution in [1.82, 2.24) is 14.9 Å². The Bertz CT molecular complexity index is 1410. The van der Waals surface area contributed by atoms with Gasteiger partial charge in [-0.05, 0) is 74.1 Å². The van der Waals surface area contributed by atoms with Crippen LogP contribution in [0.4, 0.5) is 22.0 Å². The number of benzene rings is 2. The first-order valence-corrected chi connectivity index (χ1v) is 13.1. The highest BCUT2D eigenvalue weighted by Gasteiger charge is 2.30. The fourth-order valence-electron chi connectivity index (χ4n) is 5.65. The summed E-state index contributed by atoms with van der Waals surface area (Å²) in [5.41, 5.74) is 6.51. The van der Waals surface area contributed by atoms with Gasteiger partial charge in [0.15, 0.2) is 0 Å². The second-order valence-corrected chi connectivity index (χ2v) is 10.2. The molecule has 4 heterocycles. The van der Waals surface area contributed by atoms with Gasteiger partial charge in [0, 0.05) is 55.6 Å². The summed E-state index contributed by atoms with van der Waals surface area (Å²) in [6.07, 6.45) is 4.98. The number of hydrogen-bond donors (Lipinski definition) is 1. The van der Waals surface area contributed by atoms with Crippen LogP contribution in [-0.2, 0) is 12.8 Å². The number of nitrogens with one attached hydrogen (secondary N) is 1. The lowest BCUT2D eigenvalue weighted by atomic mass is 10.0. The van der Waals surface area contributed by atoms with Gasteiger partial charge >= 0.3 is 6.03 Å². The number of amides is 2. The highest BCUT2D eigenvalue weighted by molar-refractivity contribution is 5.93. The molecule has 0 spiro atoms. The third kappa shape index (κ3) is 4.76. The monoisotopic (exact) mass is 512 g/mol. The molecule has 0 unspecified atom stereocenters. The largest absolute Gasteiger partial charge is 0.497 e. The maximum atomic E-state index is 13.0. The molecule has 0 radical (unpaired) electrons. The first kappa shape index (κ1) is 24.2. The fraction of sp³-hybridized carbons (Fsp3) is 0.379. The van der Waals surface area contributed by atoms with Gasteiger partial charge in [0.2, 0.25) is 5.88 Å². The molecule has 9 heteroatoms. The lowest BCUT2D eigenvalue weighted by Crippen LogP contribution is -2.49. The molecule has 1 aromatic heterocycles. The van der Waals surface area contributed by atoms with Crippen LogP contribution >= 0.6 is 0 Å². The summed E-state index contributed by atoms with van der Waals surface area (Å²) >= 11 is 0. The van der Waals surface area contributed by atoms with Gasteiger partial charge < -0.3 is 24.6 Å². The average Bonchev–Trinajstić information content (AvgIpc) is 3.22. The molecule has 2 amide bonds. The molecule has 38 heavy (non-hydrogen) atoms. The van der Waals surface area contributed by atoms with Crippen molar-refractivity contribution in [2.45, 2.75) is 45.6 Å². The number of nitrogens with zero attached hydrogens (tertiary/aromatic N) is 5. The lowest BCUT2D eigenvalue weighted by molar-refractivity contribution is 0.177. The Kier molecular flexibility index (Phi) is 6.35. The zero-order valence-corrected chi connectivity index (χ0v) is 22.0. The maximum absolute atomic E-state index is 13.0. The maximum Gasteiger partial charge on any atom is 0.322 e. The third-order valence-electron chi connectivity index (χ3n) is 7.68. The number of aromatic nitrogens is 2. The number of rotatable bonds is 5. The molecule has 1 saturated heterocycles. The number of methoxy groups -OCH3 is 1. The molecule has 0 saturated carbocycles. The normalized spacial score (nSPS) is 17.3. The van der Waals surface area contributed by atoms with Crippen LogP contribution in [0.5, 0.6) is 17.4 Å². The Labute approximate surface area is 222 Å². The van der Waals surface area contributed by atoms with Gasteiger partial charge in [-0.3, -0.25) is 4.99 Å². The summed E-state index contributed by atoms with van der Waals surface area (Å²) in [5, 5.41) is 3.09. The van der Waals surface area contributed by atoms with Crippen LogP contribution in [0.2, 0.25) is 0 Å². The lowest BCUT2D eigenvalue weighted by Gasteiger charge is -2.38. The van der Waals surface area contributed by atoms with E-state index in [1.165, 1.54) is 11.1 Å². The number of aryl methyl sites for hydroxylation is 1. The van der Waals surface area contributed by atoms with E-state index >= 15 is 0 Å². The quantitative estimate of drug-likeness (QED) is 0.499. The van der Waals surface area contributed by atoms with Crippen molar-refractivity contribution in [2.24, 2.45) is 4.99 Å². The molecule has 0 atom stereocenters. The van der Waals surface area contributed by atoms with Crippen LogP contribution in [0.3, 0.4) is 0 Å². The Morgan fingerprint density at radius 2 is 1.84 bits per heavy atom. The van der Waals surface area contributed by atoms with Gasteiger partial charge in [-0.2, -0.15) is 0 Å². The van der Waals surface area contributed by atoms with Gasteiger partial charge in [-0.1, -0.05) is 0 Å². The summed E-state index contributed by atoms with van der Waals surface area (Å²) in [6.45, 7) is 6.44. The van der Waals surface area contributed by atoms with Crippen molar-refractivity contribution >= 4 is 28.9 Å². The summed E-state index contributed by atoms with van der Waals surface area (Å²) in [6, 6.07) is 11.9. The number of urea groups is 1. The minimum atomic E-state index is -0.0331. The van der Waals surface area contributed by atoms with E-state index in [-0.39, 0.29) is 12.1 Å². The van der Waals surface area contributed by atoms with Crippen molar-refractivity contribution < 1.29 is 14.3 Å². The summed E-state index contributed by atoms with van der Waals surface area (Å²) in [5.74, 6) is 2.88. The highest BCUT2D eigenvalue weighted by atomic mass is 16.5. The Balaban J connectivity index is 1.10. The van der Waals surface area contributed by atoms with Gasteiger partial charge in [-0.15, -0.1) is 0 Å². The standard InChI is InChI=1S/C29H32N6O3/c1-18-12-23(15-26-24(18)13-19(2)32-26)38-28-16-27(30-17-31-28)34-9-7-21(8-10-34)35-11-6-20-14-22(37-3)4-5-25(20)33-29(35)36/h4-5,12,14-17,21H,6-11,13H2,1-3H3,(H,33,36). The van der Waals surface area contributed by atoms with E-state index in [1.54, 1.807) is 13.4 Å². The molecular weight excluding hydrogens is 480 g/mol. The van der Waals surface area contributed by atoms with E-state index in [4.69, 9.17) is 9.47 Å². The molecule has 3 aliphatic rings. The van der Waals surface area contributed by atoms with Gasteiger partial charge in [0.05, 0.1) is 12.8 Å². The SMILES string of the molecule is COc1ccc2c(c1)CCN(C1CCN(c3cc(Oc4cc(C)c5c(c4)N=C(C)C5)ncn3)CC1)C(=O)N2. The number of carbonyl (C=O) groups excluding carboxylic acids is 1. The van der Waals surface area contributed by atoms with E-state index in [9.17, 15) is 4.79 Å². The minimum Gasteiger partial charge on any atom is -0.497 e. The molecule has 1 N–H and O–H groups in total. The van der Waals surface area contributed by atoms with Crippen LogP contribution in [0.15, 0.2) is 47.7 Å². The smallest absolute Gasteiger partial charge is 0.322 e. The number of carbonyl (C=O) groups is 1. The molecule has 0 bridgehead atoms. The van der Waals surface area contributed by atoms with E-state index in [2.05, 4.69) is 39.0 Å². The zero-order chi connectivity index (χ0) is 26.2. The number of ether oxygens (including phenoxy) is 2. The van der Waals surface area contributed by atoms with Crippen molar-refractivity contribution in [3.8, 4) is 17.4 Å². The van der Waals surface area contributed by atoms with Gasteiger partial charge in [0.1, 0.15) is 23.6 Å². The molecule has 196 valence electrons. The summed E-state index contributed by atoms with van der Waals surface area (Å²) < 4.78 is 11.5. The predicted octanol–water partition coefficient (Wildman–Crippen LogP) is 5.29. The van der Waals surface area contributed by atoms with Gasteiger partial charge in [-0.25, -0.2) is 14.8 Å². The number of aliphatic imine (C=N–C) groups is 1. The second-order valence-electron chi connectivity index (χ2n) is 10.2. The molecule has 3 aromatic rings. The molecule has 0 aliphatic carbocycles. The van der Waals surface area contributed by atoms with Crippen LogP contribution in [0, 0.1) is 6.92 Å². The van der Waals surface area contributed by atoms with Crippen LogP contribution < -0.4 is 19.7 Å². The Morgan fingerprint density at radius 1 is 1.00 bits per heavy atom. The van der Waals surface area contributed by atoms with Crippen LogP contribution in [-0.4, -0.2) is 59.4 Å². The molecular formula is C29H32N6O3. The summed E-state index contributed by atoms with van der Waals surface area (Å²) in [7, 11) is 1.66. The average molecular weight is 513 g/mol. The Morgan fingerprint density at radius 3 is 2.66 bits per heavy atom. The van der Waals surface area contributed by atoms with Gasteiger partial charge in [0.25, 0.3) is 0 Å². The molecule has 2 aromatic carbocycles. The number of hydrogen-bond acceptors (Lipinski definition) is 7. The van der Waals surface area contributed by atoms with E-state index in [0.717, 1.165) is 78.7 Å². The third-order valence-corrected chi connectivity index (χ3v) is 7.68. The van der Waals surface area contributed by atoms with Crippen molar-refractivity contribution in [3.05, 3.63) is 59.4 Å². The van der Waals surface area contributed by atoms with E-state index in [1.807, 2.05) is 41.3 Å². The topological polar surface area (TPSA) is 92.2 Å². The van der Waals surface area contributed by atoms with Crippen LogP contribution in [0.1, 0.15) is 36.5 Å². The minimum absolute atomic E-state index is 0.0331. The zero-order valence-electron chi connectivity index (χ0n) is 22.0. The molecule has 6 rings (SSSR count). The van der Waals surface area contributed by atoms with Crippen molar-refractivity contribution in [2.75, 3.05) is 37.0 Å². The fourth-order valence-corrected chi connectivity index (χ4v) is 5.65. The molecule has 3 aliphatic heterocycles. The second kappa shape index (κ2) is 9.96. The van der Waals surface area contributed by atoms with E-state index in [0.29, 0.717) is 12.4 Å². The van der Waals surface area contributed by atoms with Crippen molar-refractivity contribution in [1.29, 1.82) is 0 Å². The van der Waals surface area contributed by atoms with E-state index < -0.39 is 0 Å². The highest BCUT2D eigenvalue weighted by Crippen LogP contribution is 2.36. The Hall–Kier alpha value is -4.14. The van der Waals surface area contributed by atoms with Crippen LogP contribution in [0.25, 0.3) is 0 Å². The number of anilines is 2. The van der Waals surface area contributed by atoms with Crippen molar-refractivity contribution in [3.63, 3.8) is 0 Å². The first-order chi connectivity index (χ1) is 18.5. The predicted molar refractivity (Wildman–Crippen MR) is 147 cm³/mol.